The van der Waals surface area contributed by atoms with Crippen LogP contribution in [0.15, 0.2) is 46.4 Å². The van der Waals surface area contributed by atoms with Crippen LogP contribution in [-0.2, 0) is 9.59 Å². The van der Waals surface area contributed by atoms with Gasteiger partial charge in [0.15, 0.2) is 6.29 Å². The van der Waals surface area contributed by atoms with Crippen molar-refractivity contribution in [2.45, 2.75) is 0 Å². The Morgan fingerprint density at radius 3 is 2.92 bits per heavy atom. The van der Waals surface area contributed by atoms with Crippen molar-refractivity contribution in [1.29, 1.82) is 0 Å². The van der Waals surface area contributed by atoms with Gasteiger partial charge in [0.2, 0.25) is 5.78 Å². The van der Waals surface area contributed by atoms with Crippen LogP contribution in [0.4, 0.5) is 0 Å². The first-order chi connectivity index (χ1) is 5.84. The Morgan fingerprint density at radius 2 is 2.17 bits per heavy atom. The van der Waals surface area contributed by atoms with Gasteiger partial charge in [0.25, 0.3) is 0 Å². The number of aldehydes is 1. The molecule has 0 amide bonds. The highest BCUT2D eigenvalue weighted by atomic mass is 16.2. The molecule has 12 heavy (non-hydrogen) atoms. The van der Waals surface area contributed by atoms with Crippen molar-refractivity contribution in [3.8, 4) is 0 Å². The largest absolute Gasteiger partial charge is 0.294 e. The maximum Gasteiger partial charge on any atom is 0.245 e. The highest BCUT2D eigenvalue weighted by molar-refractivity contribution is 6.32. The van der Waals surface area contributed by atoms with Crippen LogP contribution < -0.4 is 0 Å². The second-order valence-corrected chi connectivity index (χ2v) is 1.98. The second kappa shape index (κ2) is 4.12. The van der Waals surface area contributed by atoms with Crippen LogP contribution in [0.2, 0.25) is 0 Å². The van der Waals surface area contributed by atoms with E-state index in [0.29, 0.717) is 0 Å². The van der Waals surface area contributed by atoms with Crippen LogP contribution in [0, 0.1) is 0 Å². The van der Waals surface area contributed by atoms with Crippen LogP contribution in [0.1, 0.15) is 0 Å². The number of ketones is 1. The van der Waals surface area contributed by atoms with Crippen molar-refractivity contribution in [2.75, 3.05) is 0 Å². The minimum atomic E-state index is -0.668. The molecule has 4 heteroatoms. The van der Waals surface area contributed by atoms with Gasteiger partial charge in [0, 0.05) is 6.20 Å². The van der Waals surface area contributed by atoms with Crippen LogP contribution in [-0.4, -0.2) is 12.1 Å². The Hall–Kier alpha value is -1.84. The lowest BCUT2D eigenvalue weighted by molar-refractivity contribution is -0.127. The van der Waals surface area contributed by atoms with Crippen molar-refractivity contribution >= 4 is 12.1 Å². The number of Topliss-reactive ketones (excluding diaryl/α,β-unsaturated/α-hetero) is 1. The summed E-state index contributed by atoms with van der Waals surface area (Å²) in [4.78, 5) is 20.9. The van der Waals surface area contributed by atoms with Gasteiger partial charge in [0.1, 0.15) is 5.70 Å². The number of rotatable bonds is 2. The third-order valence-corrected chi connectivity index (χ3v) is 1.15. The zero-order chi connectivity index (χ0) is 8.81. The van der Waals surface area contributed by atoms with Gasteiger partial charge in [-0.15, -0.1) is 5.11 Å². The molecule has 1 heterocycles. The van der Waals surface area contributed by atoms with Crippen molar-refractivity contribution in [3.63, 3.8) is 0 Å². The van der Waals surface area contributed by atoms with E-state index in [1.165, 1.54) is 12.3 Å². The van der Waals surface area contributed by atoms with Crippen LogP contribution >= 0.6 is 0 Å². The Balaban J connectivity index is 2.89. The zero-order valence-corrected chi connectivity index (χ0v) is 6.18. The number of nitrogens with zero attached hydrogens (tertiary/aromatic N) is 2. The van der Waals surface area contributed by atoms with Gasteiger partial charge in [-0.05, 0) is 12.2 Å². The summed E-state index contributed by atoms with van der Waals surface area (Å²) >= 11 is 0. The maximum absolute atomic E-state index is 10.8. The molecule has 0 saturated carbocycles. The molecule has 0 aromatic heterocycles. The van der Waals surface area contributed by atoms with E-state index in [-0.39, 0.29) is 12.0 Å². The average molecular weight is 162 g/mol. The number of azo groups is 1. The van der Waals surface area contributed by atoms with Crippen molar-refractivity contribution in [1.82, 2.24) is 0 Å². The molecule has 0 aliphatic carbocycles. The van der Waals surface area contributed by atoms with E-state index in [2.05, 4.69) is 10.2 Å². The van der Waals surface area contributed by atoms with Gasteiger partial charge in [0.05, 0.1) is 0 Å². The normalized spacial score (nSPS) is 14.8. The van der Waals surface area contributed by atoms with E-state index < -0.39 is 5.78 Å². The maximum atomic E-state index is 10.8. The van der Waals surface area contributed by atoms with E-state index >= 15 is 0 Å². The first-order valence-corrected chi connectivity index (χ1v) is 3.28. The molecule has 0 aromatic carbocycles. The molecule has 0 bridgehead atoms. The topological polar surface area (TPSA) is 58.9 Å². The predicted molar refractivity (Wildman–Crippen MR) is 42.3 cm³/mol. The fraction of sp³-hybridized carbons (Fsp3) is 0. The van der Waals surface area contributed by atoms with Crippen LogP contribution in [0.25, 0.3) is 0 Å². The number of carbonyl (C=O) groups is 2. The molecule has 0 radical (unpaired) electrons. The third-order valence-electron chi connectivity index (χ3n) is 1.15. The van der Waals surface area contributed by atoms with Gasteiger partial charge < -0.3 is 0 Å². The molecule has 0 unspecified atom stereocenters. The number of hydrogen-bond acceptors (Lipinski definition) is 4. The fourth-order valence-corrected chi connectivity index (χ4v) is 0.620. The zero-order valence-electron chi connectivity index (χ0n) is 6.18. The molecule has 1 aliphatic heterocycles. The first-order valence-electron chi connectivity index (χ1n) is 3.28. The van der Waals surface area contributed by atoms with E-state index in [4.69, 9.17) is 0 Å². The first kappa shape index (κ1) is 8.26. The molecule has 1 aliphatic rings. The molecular weight excluding hydrogens is 156 g/mol. The van der Waals surface area contributed by atoms with Crippen LogP contribution in [0.3, 0.4) is 0 Å². The highest BCUT2D eigenvalue weighted by Gasteiger charge is 2.05. The van der Waals surface area contributed by atoms with Crippen LogP contribution in [0.5, 0.6) is 0 Å². The lowest BCUT2D eigenvalue weighted by Crippen LogP contribution is -2.00. The van der Waals surface area contributed by atoms with E-state index in [9.17, 15) is 9.59 Å². The minimum Gasteiger partial charge on any atom is -0.294 e. The third kappa shape index (κ3) is 2.09. The Morgan fingerprint density at radius 1 is 1.33 bits per heavy atom. The Labute approximate surface area is 69.0 Å². The van der Waals surface area contributed by atoms with E-state index in [1.807, 2.05) is 0 Å². The smallest absolute Gasteiger partial charge is 0.245 e. The molecule has 4 nitrogen and oxygen atoms in total. The lowest BCUT2D eigenvalue weighted by atomic mass is 10.3. The summed E-state index contributed by atoms with van der Waals surface area (Å²) < 4.78 is 0. The molecular formula is C8H6N2O2. The summed E-state index contributed by atoms with van der Waals surface area (Å²) in [5, 5.41) is 7.05. The monoisotopic (exact) mass is 162 g/mol. The summed E-state index contributed by atoms with van der Waals surface area (Å²) in [6, 6.07) is 0. The Bertz CT molecular complexity index is 311. The second-order valence-electron chi connectivity index (χ2n) is 1.98. The molecule has 0 atom stereocenters. The van der Waals surface area contributed by atoms with Gasteiger partial charge in [-0.1, -0.05) is 12.2 Å². The van der Waals surface area contributed by atoms with Crippen molar-refractivity contribution < 1.29 is 9.59 Å². The average Bonchev–Trinajstić information content (AvgIpc) is 2.02. The quantitative estimate of drug-likeness (QED) is 0.452. The minimum absolute atomic E-state index is 0.0469. The van der Waals surface area contributed by atoms with E-state index in [0.717, 1.165) is 0 Å². The highest BCUT2D eigenvalue weighted by Crippen LogP contribution is 2.01. The molecule has 60 valence electrons. The number of hydrogen-bond donors (Lipinski definition) is 0. The van der Waals surface area contributed by atoms with Gasteiger partial charge in [-0.25, -0.2) is 0 Å². The summed E-state index contributed by atoms with van der Waals surface area (Å²) in [7, 11) is 0. The number of carbonyl (C=O) groups excluding carboxylic acids is 2. The van der Waals surface area contributed by atoms with Gasteiger partial charge in [-0.3, -0.25) is 9.59 Å². The molecule has 1 rings (SSSR count). The van der Waals surface area contributed by atoms with Gasteiger partial charge in [-0.2, -0.15) is 5.11 Å². The lowest BCUT2D eigenvalue weighted by Gasteiger charge is -1.90. The van der Waals surface area contributed by atoms with Crippen molar-refractivity contribution in [3.05, 3.63) is 36.2 Å². The number of allylic oxidation sites excluding steroid dienone is 5. The molecule has 0 saturated heterocycles. The SMILES string of the molecule is O=CC(=O)C1=CC=CC=CN=N1. The summed E-state index contributed by atoms with van der Waals surface area (Å²) in [5.74, 6) is -0.668. The fourth-order valence-electron chi connectivity index (χ4n) is 0.620. The summed E-state index contributed by atoms with van der Waals surface area (Å²) in [5.41, 5.74) is 0.0469. The Kier molecular flexibility index (Phi) is 2.84. The molecule has 0 N–H and O–H groups in total. The molecule has 0 fully saturated rings. The van der Waals surface area contributed by atoms with E-state index in [1.54, 1.807) is 18.2 Å². The van der Waals surface area contributed by atoms with Gasteiger partial charge >= 0.3 is 0 Å². The van der Waals surface area contributed by atoms with Crippen molar-refractivity contribution in [2.24, 2.45) is 10.2 Å². The summed E-state index contributed by atoms with van der Waals surface area (Å²) in [6.07, 6.45) is 8.05. The molecule has 0 spiro atoms. The molecule has 0 aromatic rings. The standard InChI is InChI=1S/C8H6N2O2/c11-6-8(12)7-4-2-1-3-5-9-10-7/h1-6H. The predicted octanol–water partition coefficient (Wildman–Crippen LogP) is 1.17. The summed E-state index contributed by atoms with van der Waals surface area (Å²) in [6.45, 7) is 0.